The smallest absolute Gasteiger partial charge is 0.326 e. The lowest BCUT2D eigenvalue weighted by atomic mass is 10.0. The molecule has 0 bridgehead atoms. The predicted octanol–water partition coefficient (Wildman–Crippen LogP) is -0.692. The minimum Gasteiger partial charge on any atom is -0.508 e. The lowest BCUT2D eigenvalue weighted by molar-refractivity contribution is -0.145. The zero-order valence-corrected chi connectivity index (χ0v) is 23.7. The van der Waals surface area contributed by atoms with Crippen LogP contribution in [0.25, 0.3) is 0 Å². The molecule has 0 radical (unpaired) electrons. The van der Waals surface area contributed by atoms with E-state index in [-0.39, 0.29) is 36.1 Å². The first-order valence-electron chi connectivity index (χ1n) is 12.6. The van der Waals surface area contributed by atoms with Crippen LogP contribution in [0, 0.1) is 5.92 Å². The van der Waals surface area contributed by atoms with Crippen molar-refractivity contribution in [3.8, 4) is 5.75 Å². The number of benzene rings is 1. The second kappa shape index (κ2) is 15.0. The summed E-state index contributed by atoms with van der Waals surface area (Å²) in [6.07, 6.45) is 1.05. The first-order valence-corrected chi connectivity index (χ1v) is 13.9. The number of carbonyl (C=O) groups is 5. The van der Waals surface area contributed by atoms with Gasteiger partial charge in [-0.05, 0) is 42.9 Å². The van der Waals surface area contributed by atoms with E-state index in [4.69, 9.17) is 5.73 Å². The van der Waals surface area contributed by atoms with Crippen LogP contribution in [0.1, 0.15) is 32.3 Å². The average Bonchev–Trinajstić information content (AvgIpc) is 3.39. The van der Waals surface area contributed by atoms with E-state index in [0.717, 1.165) is 5.56 Å². The molecule has 1 aromatic carbocycles. The zero-order chi connectivity index (χ0) is 29.3. The first kappa shape index (κ1) is 32.2. The van der Waals surface area contributed by atoms with Crippen molar-refractivity contribution in [3.05, 3.63) is 29.8 Å². The van der Waals surface area contributed by atoms with Crippen LogP contribution in [0.15, 0.2) is 24.3 Å². The Morgan fingerprint density at radius 2 is 1.59 bits per heavy atom. The van der Waals surface area contributed by atoms with Gasteiger partial charge in [-0.25, -0.2) is 4.79 Å². The maximum atomic E-state index is 13.3. The van der Waals surface area contributed by atoms with E-state index in [2.05, 4.69) is 41.2 Å². The number of carboxylic acid groups (broad SMARTS) is 1. The summed E-state index contributed by atoms with van der Waals surface area (Å²) in [6.45, 7) is 3.59. The van der Waals surface area contributed by atoms with E-state index >= 15 is 0 Å². The number of nitrogens with zero attached hydrogens (tertiary/aromatic N) is 1. The van der Waals surface area contributed by atoms with E-state index < -0.39 is 59.8 Å². The molecule has 1 saturated heterocycles. The predicted molar refractivity (Wildman–Crippen MR) is 150 cm³/mol. The number of phenolic OH excluding ortho intramolecular Hbond substituents is 1. The molecule has 0 aromatic heterocycles. The molecule has 14 heteroatoms. The van der Waals surface area contributed by atoms with Gasteiger partial charge in [0.2, 0.25) is 23.6 Å². The largest absolute Gasteiger partial charge is 0.508 e. The van der Waals surface area contributed by atoms with Crippen LogP contribution < -0.4 is 21.7 Å². The number of phenols is 1. The summed E-state index contributed by atoms with van der Waals surface area (Å²) in [4.78, 5) is 64.5. The van der Waals surface area contributed by atoms with Crippen molar-refractivity contribution in [1.82, 2.24) is 20.9 Å². The molecule has 4 amide bonds. The van der Waals surface area contributed by atoms with Gasteiger partial charge in [-0.3, -0.25) is 19.2 Å². The van der Waals surface area contributed by atoms with E-state index in [1.165, 1.54) is 17.0 Å². The fraction of sp³-hybridized carbons (Fsp3) is 0.560. The standard InChI is InChI=1S/C25H37N5O7S2/c1-13(2)20(25(36)37)29-23(34)19-4-3-9-30(19)24(35)18(12-39)28-22(33)17(11-38)27-21(32)16(26)10-14-5-7-15(31)8-6-14/h5-8,13,16-20,31,38-39H,3-4,9-12,26H2,1-2H3,(H,27,32)(H,28,33)(H,29,34)(H,36,37)/t16-,17-,18-,19-,20-/m0/s1. The third-order valence-electron chi connectivity index (χ3n) is 6.41. The van der Waals surface area contributed by atoms with Crippen molar-refractivity contribution in [3.63, 3.8) is 0 Å². The highest BCUT2D eigenvalue weighted by Crippen LogP contribution is 2.20. The molecule has 1 heterocycles. The molecule has 1 aliphatic rings. The van der Waals surface area contributed by atoms with Gasteiger partial charge in [-0.2, -0.15) is 25.3 Å². The molecule has 216 valence electrons. The van der Waals surface area contributed by atoms with Gasteiger partial charge in [-0.1, -0.05) is 26.0 Å². The Bertz CT molecular complexity index is 1040. The number of hydrogen-bond acceptors (Lipinski definition) is 9. The zero-order valence-electron chi connectivity index (χ0n) is 21.9. The fourth-order valence-electron chi connectivity index (χ4n) is 4.18. The number of likely N-dealkylation sites (tertiary alicyclic amines) is 1. The van der Waals surface area contributed by atoms with Crippen LogP contribution in [0.2, 0.25) is 0 Å². The molecule has 12 nitrogen and oxygen atoms in total. The molecule has 0 aliphatic carbocycles. The van der Waals surface area contributed by atoms with Gasteiger partial charge in [0.1, 0.15) is 29.9 Å². The molecule has 7 N–H and O–H groups in total. The topological polar surface area (TPSA) is 191 Å². The van der Waals surface area contributed by atoms with E-state index in [9.17, 15) is 34.2 Å². The van der Waals surface area contributed by atoms with Crippen LogP contribution in [-0.4, -0.2) is 93.0 Å². The lowest BCUT2D eigenvalue weighted by Crippen LogP contribution is -2.59. The van der Waals surface area contributed by atoms with E-state index in [0.29, 0.717) is 12.8 Å². The van der Waals surface area contributed by atoms with E-state index in [1.54, 1.807) is 26.0 Å². The quantitative estimate of drug-likeness (QED) is 0.140. The van der Waals surface area contributed by atoms with Crippen molar-refractivity contribution >= 4 is 54.9 Å². The van der Waals surface area contributed by atoms with Crippen molar-refractivity contribution in [2.75, 3.05) is 18.1 Å². The summed E-state index contributed by atoms with van der Waals surface area (Å²) >= 11 is 8.34. The number of thiol groups is 2. The number of nitrogens with two attached hydrogens (primary N) is 1. The number of hydrogen-bond donors (Lipinski definition) is 8. The number of amides is 4. The Morgan fingerprint density at radius 1 is 1.00 bits per heavy atom. The van der Waals surface area contributed by atoms with Gasteiger partial charge >= 0.3 is 5.97 Å². The molecule has 1 aromatic rings. The summed E-state index contributed by atoms with van der Waals surface area (Å²) in [7, 11) is 0. The van der Waals surface area contributed by atoms with Crippen molar-refractivity contribution < 1.29 is 34.2 Å². The summed E-state index contributed by atoms with van der Waals surface area (Å²) in [6, 6.07) is 1.06. The number of nitrogens with one attached hydrogen (secondary N) is 3. The summed E-state index contributed by atoms with van der Waals surface area (Å²) in [5.41, 5.74) is 6.70. The highest BCUT2D eigenvalue weighted by atomic mass is 32.1. The molecule has 2 rings (SSSR count). The number of carbonyl (C=O) groups excluding carboxylic acids is 4. The lowest BCUT2D eigenvalue weighted by Gasteiger charge is -2.30. The van der Waals surface area contributed by atoms with Crippen molar-refractivity contribution in [2.24, 2.45) is 11.7 Å². The van der Waals surface area contributed by atoms with Crippen LogP contribution in [0.5, 0.6) is 5.75 Å². The summed E-state index contributed by atoms with van der Waals surface area (Å²) < 4.78 is 0. The Labute approximate surface area is 238 Å². The second-order valence-electron chi connectivity index (χ2n) is 9.72. The number of aromatic hydroxyl groups is 1. The molecule has 39 heavy (non-hydrogen) atoms. The van der Waals surface area contributed by atoms with E-state index in [1.807, 2.05) is 0 Å². The Morgan fingerprint density at radius 3 is 2.13 bits per heavy atom. The summed E-state index contributed by atoms with van der Waals surface area (Å²) in [5, 5.41) is 26.4. The van der Waals surface area contributed by atoms with Crippen molar-refractivity contribution in [1.29, 1.82) is 0 Å². The first-order chi connectivity index (χ1) is 18.4. The normalized spacial score (nSPS) is 18.1. The van der Waals surface area contributed by atoms with Crippen LogP contribution in [0.4, 0.5) is 0 Å². The monoisotopic (exact) mass is 583 g/mol. The van der Waals surface area contributed by atoms with Gasteiger partial charge < -0.3 is 36.8 Å². The SMILES string of the molecule is CC(C)[C@H](NC(=O)[C@@H]1CCCN1C(=O)[C@H](CS)NC(=O)[C@H](CS)NC(=O)[C@@H](N)Cc1ccc(O)cc1)C(=O)O. The van der Waals surface area contributed by atoms with Gasteiger partial charge in [0.05, 0.1) is 6.04 Å². The maximum absolute atomic E-state index is 13.3. The van der Waals surface area contributed by atoms with Gasteiger partial charge in [0.15, 0.2) is 0 Å². The number of carboxylic acids is 1. The number of rotatable bonds is 13. The Kier molecular flexibility index (Phi) is 12.4. The number of aliphatic carboxylic acids is 1. The average molecular weight is 584 g/mol. The molecular formula is C25H37N5O7S2. The highest BCUT2D eigenvalue weighted by Gasteiger charge is 2.39. The Balaban J connectivity index is 2.01. The molecular weight excluding hydrogens is 546 g/mol. The molecule has 0 saturated carbocycles. The molecule has 1 aliphatic heterocycles. The summed E-state index contributed by atoms with van der Waals surface area (Å²) in [5.74, 6) is -3.98. The second-order valence-corrected chi connectivity index (χ2v) is 10.5. The minimum atomic E-state index is -1.17. The minimum absolute atomic E-state index is 0.0719. The van der Waals surface area contributed by atoms with Crippen LogP contribution in [-0.2, 0) is 30.4 Å². The highest BCUT2D eigenvalue weighted by molar-refractivity contribution is 7.80. The van der Waals surface area contributed by atoms with Gasteiger partial charge in [0, 0.05) is 18.1 Å². The van der Waals surface area contributed by atoms with Gasteiger partial charge in [0.25, 0.3) is 0 Å². The van der Waals surface area contributed by atoms with Crippen LogP contribution in [0.3, 0.4) is 0 Å². The third kappa shape index (κ3) is 9.04. The molecule has 1 fully saturated rings. The molecule has 5 atom stereocenters. The fourth-order valence-corrected chi connectivity index (χ4v) is 4.68. The van der Waals surface area contributed by atoms with Gasteiger partial charge in [-0.15, -0.1) is 0 Å². The van der Waals surface area contributed by atoms with Crippen molar-refractivity contribution in [2.45, 2.75) is 63.3 Å². The molecule has 0 unspecified atom stereocenters. The maximum Gasteiger partial charge on any atom is 0.326 e. The van der Waals surface area contributed by atoms with Crippen LogP contribution >= 0.6 is 25.3 Å². The third-order valence-corrected chi connectivity index (χ3v) is 7.14. The molecule has 0 spiro atoms. The Hall–Kier alpha value is -2.97.